The molecule has 2 rings (SSSR count). The molecule has 0 radical (unpaired) electrons. The number of nitro groups is 1. The van der Waals surface area contributed by atoms with Crippen molar-refractivity contribution in [3.8, 4) is 11.3 Å². The fourth-order valence-electron chi connectivity index (χ4n) is 1.39. The molecule has 2 aromatic rings. The zero-order valence-electron chi connectivity index (χ0n) is 9.00. The Balaban J connectivity index is 2.56. The van der Waals surface area contributed by atoms with Crippen LogP contribution in [0.15, 0.2) is 28.9 Å². The smallest absolute Gasteiger partial charge is 0.312 e. The quantitative estimate of drug-likeness (QED) is 0.646. The number of hydrogen-bond acceptors (Lipinski definition) is 6. The third-order valence-corrected chi connectivity index (χ3v) is 2.85. The van der Waals surface area contributed by atoms with Gasteiger partial charge in [0.2, 0.25) is 5.82 Å². The Morgan fingerprint density at radius 2 is 2.06 bits per heavy atom. The van der Waals surface area contributed by atoms with Crippen LogP contribution >= 0.6 is 15.9 Å². The molecule has 0 unspecified atom stereocenters. The summed E-state index contributed by atoms with van der Waals surface area (Å²) < 4.78 is 0.468. The van der Waals surface area contributed by atoms with E-state index >= 15 is 0 Å². The van der Waals surface area contributed by atoms with Crippen LogP contribution in [0.1, 0.15) is 0 Å². The Morgan fingerprint density at radius 1 is 1.33 bits per heavy atom. The fraction of sp³-hybridized carbons (Fsp3) is 0. The average molecular weight is 310 g/mol. The highest BCUT2D eigenvalue weighted by atomic mass is 79.9. The van der Waals surface area contributed by atoms with Gasteiger partial charge in [-0.25, -0.2) is 9.97 Å². The summed E-state index contributed by atoms with van der Waals surface area (Å²) >= 11 is 3.22. The first kappa shape index (κ1) is 12.2. The second-order valence-electron chi connectivity index (χ2n) is 3.45. The summed E-state index contributed by atoms with van der Waals surface area (Å²) in [5.41, 5.74) is 11.9. The lowest BCUT2D eigenvalue weighted by molar-refractivity contribution is -0.384. The molecule has 0 saturated heterocycles. The van der Waals surface area contributed by atoms with Gasteiger partial charge in [-0.2, -0.15) is 0 Å². The Kier molecular flexibility index (Phi) is 3.11. The third-order valence-electron chi connectivity index (χ3n) is 2.24. The Labute approximate surface area is 110 Å². The van der Waals surface area contributed by atoms with E-state index in [0.717, 1.165) is 0 Å². The minimum Gasteiger partial charge on any atom is -0.384 e. The second kappa shape index (κ2) is 4.57. The van der Waals surface area contributed by atoms with E-state index < -0.39 is 4.92 Å². The van der Waals surface area contributed by atoms with Crippen LogP contribution in [0.4, 0.5) is 17.3 Å². The number of nitrogen functional groups attached to an aromatic ring is 2. The molecule has 0 fully saturated rings. The molecule has 0 aliphatic rings. The topological polar surface area (TPSA) is 121 Å². The molecule has 18 heavy (non-hydrogen) atoms. The first-order chi connectivity index (χ1) is 8.49. The number of halogens is 1. The lowest BCUT2D eigenvalue weighted by Crippen LogP contribution is -2.00. The van der Waals surface area contributed by atoms with E-state index in [1.54, 1.807) is 12.1 Å². The van der Waals surface area contributed by atoms with Gasteiger partial charge >= 0.3 is 5.69 Å². The third kappa shape index (κ3) is 2.23. The number of aromatic nitrogens is 2. The van der Waals surface area contributed by atoms with Crippen molar-refractivity contribution in [2.75, 3.05) is 11.5 Å². The molecular weight excluding hydrogens is 302 g/mol. The largest absolute Gasteiger partial charge is 0.384 e. The summed E-state index contributed by atoms with van der Waals surface area (Å²) in [5.74, 6) is 0.236. The molecule has 0 aliphatic heterocycles. The van der Waals surface area contributed by atoms with Gasteiger partial charge in [0.05, 0.1) is 15.1 Å². The van der Waals surface area contributed by atoms with Gasteiger partial charge in [0, 0.05) is 17.8 Å². The Morgan fingerprint density at radius 3 is 2.61 bits per heavy atom. The van der Waals surface area contributed by atoms with Crippen molar-refractivity contribution in [2.24, 2.45) is 0 Å². The van der Waals surface area contributed by atoms with Crippen molar-refractivity contribution in [2.45, 2.75) is 0 Å². The molecule has 92 valence electrons. The lowest BCUT2D eigenvalue weighted by atomic mass is 10.2. The van der Waals surface area contributed by atoms with Crippen LogP contribution in [-0.2, 0) is 0 Å². The minimum absolute atomic E-state index is 0.143. The number of rotatable bonds is 2. The molecule has 4 N–H and O–H groups in total. The van der Waals surface area contributed by atoms with E-state index in [4.69, 9.17) is 11.5 Å². The van der Waals surface area contributed by atoms with Crippen molar-refractivity contribution in [3.63, 3.8) is 0 Å². The molecule has 0 amide bonds. The lowest BCUT2D eigenvalue weighted by Gasteiger charge is -2.05. The summed E-state index contributed by atoms with van der Waals surface area (Å²) in [6, 6.07) is 4.63. The zero-order chi connectivity index (χ0) is 13.3. The van der Waals surface area contributed by atoms with Crippen molar-refractivity contribution < 1.29 is 4.92 Å². The van der Waals surface area contributed by atoms with Crippen LogP contribution in [0.5, 0.6) is 0 Å². The SMILES string of the molecule is Nc1ccc(-c2nc(N)c([N+](=O)[O-])cc2Br)cn1. The van der Waals surface area contributed by atoms with E-state index in [2.05, 4.69) is 25.9 Å². The number of anilines is 2. The van der Waals surface area contributed by atoms with Crippen molar-refractivity contribution in [1.82, 2.24) is 9.97 Å². The molecule has 2 heterocycles. The predicted molar refractivity (Wildman–Crippen MR) is 70.6 cm³/mol. The van der Waals surface area contributed by atoms with E-state index in [0.29, 0.717) is 21.5 Å². The van der Waals surface area contributed by atoms with Gasteiger partial charge in [-0.1, -0.05) is 0 Å². The van der Waals surface area contributed by atoms with E-state index in [-0.39, 0.29) is 11.5 Å². The van der Waals surface area contributed by atoms with Gasteiger partial charge in [-0.05, 0) is 28.1 Å². The van der Waals surface area contributed by atoms with Crippen LogP contribution < -0.4 is 11.5 Å². The number of nitrogens with two attached hydrogens (primary N) is 2. The van der Waals surface area contributed by atoms with Crippen molar-refractivity contribution >= 4 is 33.3 Å². The molecule has 2 aromatic heterocycles. The first-order valence-corrected chi connectivity index (χ1v) is 5.60. The van der Waals surface area contributed by atoms with Crippen LogP contribution in [0.25, 0.3) is 11.3 Å². The van der Waals surface area contributed by atoms with Crippen LogP contribution in [0.2, 0.25) is 0 Å². The van der Waals surface area contributed by atoms with Crippen LogP contribution in [0, 0.1) is 10.1 Å². The molecule has 0 spiro atoms. The highest BCUT2D eigenvalue weighted by molar-refractivity contribution is 9.10. The minimum atomic E-state index is -0.585. The Hall–Kier alpha value is -2.22. The molecule has 8 heteroatoms. The number of hydrogen-bond donors (Lipinski definition) is 2. The average Bonchev–Trinajstić information content (AvgIpc) is 2.32. The zero-order valence-corrected chi connectivity index (χ0v) is 10.6. The van der Waals surface area contributed by atoms with E-state index in [1.807, 2.05) is 0 Å². The van der Waals surface area contributed by atoms with E-state index in [9.17, 15) is 10.1 Å². The summed E-state index contributed by atoms with van der Waals surface area (Å²) in [4.78, 5) is 18.0. The van der Waals surface area contributed by atoms with E-state index in [1.165, 1.54) is 12.3 Å². The normalized spacial score (nSPS) is 10.3. The summed E-state index contributed by atoms with van der Waals surface area (Å²) in [5, 5.41) is 10.7. The van der Waals surface area contributed by atoms with Crippen molar-refractivity contribution in [1.29, 1.82) is 0 Å². The Bertz CT molecular complexity index is 614. The first-order valence-electron chi connectivity index (χ1n) is 4.81. The standard InChI is InChI=1S/C10H8BrN5O2/c11-6-3-7(16(17)18)10(13)15-9(6)5-1-2-8(12)14-4-5/h1-4H,(H2,12,14)(H2,13,15). The monoisotopic (exact) mass is 309 g/mol. The maximum Gasteiger partial charge on any atom is 0.312 e. The molecule has 0 atom stereocenters. The van der Waals surface area contributed by atoms with Crippen LogP contribution in [-0.4, -0.2) is 14.9 Å². The van der Waals surface area contributed by atoms with Gasteiger partial charge in [0.15, 0.2) is 0 Å². The summed E-state index contributed by atoms with van der Waals surface area (Å²) in [7, 11) is 0. The van der Waals surface area contributed by atoms with Crippen molar-refractivity contribution in [3.05, 3.63) is 39.0 Å². The molecular formula is C10H8BrN5O2. The number of pyridine rings is 2. The molecule has 7 nitrogen and oxygen atoms in total. The molecule has 0 saturated carbocycles. The summed E-state index contributed by atoms with van der Waals surface area (Å²) in [6.45, 7) is 0. The second-order valence-corrected chi connectivity index (χ2v) is 4.31. The highest BCUT2D eigenvalue weighted by Crippen LogP contribution is 2.32. The van der Waals surface area contributed by atoms with Crippen LogP contribution in [0.3, 0.4) is 0 Å². The van der Waals surface area contributed by atoms with Gasteiger partial charge in [0.25, 0.3) is 0 Å². The van der Waals surface area contributed by atoms with Gasteiger partial charge in [-0.15, -0.1) is 0 Å². The van der Waals surface area contributed by atoms with Gasteiger partial charge in [-0.3, -0.25) is 10.1 Å². The summed E-state index contributed by atoms with van der Waals surface area (Å²) in [6.07, 6.45) is 1.52. The van der Waals surface area contributed by atoms with Gasteiger partial charge < -0.3 is 11.5 Å². The maximum absolute atomic E-state index is 10.7. The predicted octanol–water partition coefficient (Wildman–Crippen LogP) is 1.98. The highest BCUT2D eigenvalue weighted by Gasteiger charge is 2.17. The molecule has 0 aromatic carbocycles. The molecule has 0 aliphatic carbocycles. The maximum atomic E-state index is 10.7. The molecule has 0 bridgehead atoms. The fourth-order valence-corrected chi connectivity index (χ4v) is 1.92. The number of nitrogens with zero attached hydrogens (tertiary/aromatic N) is 3. The van der Waals surface area contributed by atoms with Gasteiger partial charge in [0.1, 0.15) is 5.82 Å².